The Morgan fingerprint density at radius 2 is 2.53 bits per heavy atom. The van der Waals surface area contributed by atoms with Crippen molar-refractivity contribution in [3.8, 4) is 0 Å². The number of aromatic amines is 1. The van der Waals surface area contributed by atoms with E-state index in [0.717, 1.165) is 13.2 Å². The molecule has 3 heteroatoms. The summed E-state index contributed by atoms with van der Waals surface area (Å²) in [5.41, 5.74) is 1.17. The fourth-order valence-electron chi connectivity index (χ4n) is 2.03. The van der Waals surface area contributed by atoms with Crippen LogP contribution in [0.5, 0.6) is 0 Å². The van der Waals surface area contributed by atoms with Gasteiger partial charge in [0, 0.05) is 18.4 Å². The molecular weight excluding hydrogens is 188 g/mol. The number of ether oxygens (including phenoxy) is 1. The molecule has 0 saturated carbocycles. The van der Waals surface area contributed by atoms with Crippen molar-refractivity contribution in [1.29, 1.82) is 0 Å². The lowest BCUT2D eigenvalue weighted by Gasteiger charge is -2.24. The number of hydrogen-bond acceptors (Lipinski definition) is 2. The van der Waals surface area contributed by atoms with Gasteiger partial charge in [-0.2, -0.15) is 0 Å². The molecule has 1 fully saturated rings. The van der Waals surface area contributed by atoms with Crippen LogP contribution in [0.2, 0.25) is 0 Å². The monoisotopic (exact) mass is 208 g/mol. The second kappa shape index (κ2) is 5.33. The Balaban J connectivity index is 1.73. The molecule has 2 atom stereocenters. The molecule has 15 heavy (non-hydrogen) atoms. The van der Waals surface area contributed by atoms with Gasteiger partial charge in [0.2, 0.25) is 0 Å². The third kappa shape index (κ3) is 3.08. The Morgan fingerprint density at radius 1 is 1.60 bits per heavy atom. The molecule has 0 radical (unpaired) electrons. The molecule has 0 spiro atoms. The van der Waals surface area contributed by atoms with Gasteiger partial charge in [-0.25, -0.2) is 0 Å². The highest BCUT2D eigenvalue weighted by Gasteiger charge is 2.15. The lowest BCUT2D eigenvalue weighted by atomic mass is 10.0. The fraction of sp³-hybridized carbons (Fsp3) is 0.667. The molecule has 2 rings (SSSR count). The first-order valence-electron chi connectivity index (χ1n) is 5.82. The standard InChI is InChI=1S/C12H20N2O/c1-10(12-5-3-7-14-12)15-9-11-4-2-6-13-8-11/h3,5,7,10-11,13-14H,2,4,6,8-9H2,1H3/t10-,11-/m1/s1. The number of aromatic nitrogens is 1. The van der Waals surface area contributed by atoms with Gasteiger partial charge in [0.05, 0.1) is 12.7 Å². The van der Waals surface area contributed by atoms with Gasteiger partial charge in [-0.1, -0.05) is 0 Å². The maximum atomic E-state index is 5.85. The molecule has 0 unspecified atom stereocenters. The van der Waals surface area contributed by atoms with E-state index in [0.29, 0.717) is 5.92 Å². The van der Waals surface area contributed by atoms with Crippen LogP contribution in [0.3, 0.4) is 0 Å². The van der Waals surface area contributed by atoms with Gasteiger partial charge in [-0.05, 0) is 44.4 Å². The van der Waals surface area contributed by atoms with E-state index in [4.69, 9.17) is 4.74 Å². The zero-order valence-corrected chi connectivity index (χ0v) is 9.33. The van der Waals surface area contributed by atoms with Crippen LogP contribution in [0.15, 0.2) is 18.3 Å². The van der Waals surface area contributed by atoms with Crippen LogP contribution >= 0.6 is 0 Å². The summed E-state index contributed by atoms with van der Waals surface area (Å²) in [7, 11) is 0. The van der Waals surface area contributed by atoms with Crippen LogP contribution in [0, 0.1) is 5.92 Å². The molecule has 0 aliphatic carbocycles. The predicted octanol–water partition coefficient (Wildman–Crippen LogP) is 2.09. The van der Waals surface area contributed by atoms with Crippen molar-refractivity contribution < 1.29 is 4.74 Å². The summed E-state index contributed by atoms with van der Waals surface area (Å²) in [5.74, 6) is 0.691. The smallest absolute Gasteiger partial charge is 0.0944 e. The SMILES string of the molecule is C[C@@H](OC[C@@H]1CCCNC1)c1ccc[nH]1. The van der Waals surface area contributed by atoms with E-state index in [1.54, 1.807) is 0 Å². The van der Waals surface area contributed by atoms with E-state index < -0.39 is 0 Å². The normalized spacial score (nSPS) is 23.9. The number of piperidine rings is 1. The van der Waals surface area contributed by atoms with Gasteiger partial charge in [-0.15, -0.1) is 0 Å². The summed E-state index contributed by atoms with van der Waals surface area (Å²) in [6.07, 6.45) is 4.70. The molecule has 1 aromatic heterocycles. The highest BCUT2D eigenvalue weighted by Crippen LogP contribution is 2.17. The van der Waals surface area contributed by atoms with Crippen molar-refractivity contribution >= 4 is 0 Å². The third-order valence-electron chi connectivity index (χ3n) is 3.04. The predicted molar refractivity (Wildman–Crippen MR) is 60.8 cm³/mol. The van der Waals surface area contributed by atoms with Crippen molar-refractivity contribution in [2.75, 3.05) is 19.7 Å². The second-order valence-corrected chi connectivity index (χ2v) is 4.31. The summed E-state index contributed by atoms with van der Waals surface area (Å²) < 4.78 is 5.85. The summed E-state index contributed by atoms with van der Waals surface area (Å²) in [6, 6.07) is 4.08. The molecule has 3 nitrogen and oxygen atoms in total. The van der Waals surface area contributed by atoms with Gasteiger partial charge in [0.25, 0.3) is 0 Å². The Kier molecular flexibility index (Phi) is 3.80. The minimum atomic E-state index is 0.182. The molecular formula is C12H20N2O. The van der Waals surface area contributed by atoms with Crippen LogP contribution < -0.4 is 5.32 Å². The number of nitrogens with one attached hydrogen (secondary N) is 2. The van der Waals surface area contributed by atoms with Crippen LogP contribution in [0.25, 0.3) is 0 Å². The van der Waals surface area contributed by atoms with Crippen LogP contribution in [-0.2, 0) is 4.74 Å². The molecule has 1 aliphatic rings. The van der Waals surface area contributed by atoms with Crippen molar-refractivity contribution in [3.05, 3.63) is 24.0 Å². The lowest BCUT2D eigenvalue weighted by molar-refractivity contribution is 0.0315. The first-order valence-corrected chi connectivity index (χ1v) is 5.82. The van der Waals surface area contributed by atoms with E-state index in [9.17, 15) is 0 Å². The lowest BCUT2D eigenvalue weighted by Crippen LogP contribution is -2.32. The average Bonchev–Trinajstić information content (AvgIpc) is 2.81. The third-order valence-corrected chi connectivity index (χ3v) is 3.04. The summed E-state index contributed by atoms with van der Waals surface area (Å²) in [5, 5.41) is 3.41. The van der Waals surface area contributed by atoms with E-state index >= 15 is 0 Å². The first kappa shape index (κ1) is 10.7. The minimum absolute atomic E-state index is 0.182. The van der Waals surface area contributed by atoms with Crippen molar-refractivity contribution in [3.63, 3.8) is 0 Å². The maximum Gasteiger partial charge on any atom is 0.0944 e. The van der Waals surface area contributed by atoms with Gasteiger partial charge in [-0.3, -0.25) is 0 Å². The quantitative estimate of drug-likeness (QED) is 0.795. The van der Waals surface area contributed by atoms with E-state index in [-0.39, 0.29) is 6.10 Å². The highest BCUT2D eigenvalue weighted by atomic mass is 16.5. The topological polar surface area (TPSA) is 37.0 Å². The first-order chi connectivity index (χ1) is 7.36. The molecule has 1 aromatic rings. The second-order valence-electron chi connectivity index (χ2n) is 4.31. The summed E-state index contributed by atoms with van der Waals surface area (Å²) in [6.45, 7) is 5.25. The zero-order valence-electron chi connectivity index (χ0n) is 9.33. The number of H-pyrrole nitrogens is 1. The van der Waals surface area contributed by atoms with E-state index in [1.165, 1.54) is 25.1 Å². The molecule has 0 amide bonds. The molecule has 0 bridgehead atoms. The Hall–Kier alpha value is -0.800. The fourth-order valence-corrected chi connectivity index (χ4v) is 2.03. The van der Waals surface area contributed by atoms with Crippen molar-refractivity contribution in [1.82, 2.24) is 10.3 Å². The molecule has 1 saturated heterocycles. The summed E-state index contributed by atoms with van der Waals surface area (Å²) >= 11 is 0. The molecule has 1 aliphatic heterocycles. The van der Waals surface area contributed by atoms with Crippen LogP contribution in [-0.4, -0.2) is 24.7 Å². The molecule has 2 heterocycles. The van der Waals surface area contributed by atoms with E-state index in [1.807, 2.05) is 12.3 Å². The molecule has 84 valence electrons. The average molecular weight is 208 g/mol. The molecule has 2 N–H and O–H groups in total. The Labute approximate surface area is 91.2 Å². The Bertz CT molecular complexity index is 265. The minimum Gasteiger partial charge on any atom is -0.372 e. The van der Waals surface area contributed by atoms with Gasteiger partial charge < -0.3 is 15.0 Å². The summed E-state index contributed by atoms with van der Waals surface area (Å²) in [4.78, 5) is 3.18. The Morgan fingerprint density at radius 3 is 3.20 bits per heavy atom. The molecule has 0 aromatic carbocycles. The van der Waals surface area contributed by atoms with Gasteiger partial charge in [0.15, 0.2) is 0 Å². The highest BCUT2D eigenvalue weighted by molar-refractivity contribution is 5.06. The zero-order chi connectivity index (χ0) is 10.5. The number of hydrogen-bond donors (Lipinski definition) is 2. The van der Waals surface area contributed by atoms with Gasteiger partial charge >= 0.3 is 0 Å². The van der Waals surface area contributed by atoms with Gasteiger partial charge in [0.1, 0.15) is 0 Å². The van der Waals surface area contributed by atoms with Crippen LogP contribution in [0.4, 0.5) is 0 Å². The van der Waals surface area contributed by atoms with Crippen molar-refractivity contribution in [2.45, 2.75) is 25.9 Å². The number of rotatable bonds is 4. The largest absolute Gasteiger partial charge is 0.372 e. The van der Waals surface area contributed by atoms with Crippen molar-refractivity contribution in [2.24, 2.45) is 5.92 Å². The maximum absolute atomic E-state index is 5.85. The van der Waals surface area contributed by atoms with E-state index in [2.05, 4.69) is 23.3 Å². The van der Waals surface area contributed by atoms with Crippen LogP contribution in [0.1, 0.15) is 31.6 Å².